The summed E-state index contributed by atoms with van der Waals surface area (Å²) in [6.07, 6.45) is 0.750. The van der Waals surface area contributed by atoms with Crippen molar-refractivity contribution in [3.63, 3.8) is 0 Å². The summed E-state index contributed by atoms with van der Waals surface area (Å²) in [4.78, 5) is 21.4. The number of rotatable bonds is 5. The fraction of sp³-hybridized carbons (Fsp3) is 0.385. The highest BCUT2D eigenvalue weighted by atomic mass is 16.4. The Labute approximate surface area is 112 Å². The Hall–Kier alpha value is -2.08. The molecule has 0 spiro atoms. The van der Waals surface area contributed by atoms with Gasteiger partial charge in [-0.25, -0.2) is 4.79 Å². The van der Waals surface area contributed by atoms with Gasteiger partial charge in [-0.05, 0) is 19.1 Å². The van der Waals surface area contributed by atoms with Crippen LogP contribution in [0.1, 0.15) is 6.92 Å². The molecule has 0 aliphatic heterocycles. The van der Waals surface area contributed by atoms with Crippen molar-refractivity contribution in [2.24, 2.45) is 0 Å². The van der Waals surface area contributed by atoms with Crippen LogP contribution >= 0.6 is 0 Å². The van der Waals surface area contributed by atoms with E-state index >= 15 is 0 Å². The Morgan fingerprint density at radius 1 is 1.37 bits per heavy atom. The van der Waals surface area contributed by atoms with Gasteiger partial charge in [0.15, 0.2) is 5.60 Å². The first-order valence-electron chi connectivity index (χ1n) is 5.66. The molecule has 6 heteroatoms. The zero-order valence-corrected chi connectivity index (χ0v) is 11.3. The van der Waals surface area contributed by atoms with Gasteiger partial charge in [0, 0.05) is 19.8 Å². The van der Waals surface area contributed by atoms with Crippen molar-refractivity contribution >= 4 is 18.1 Å². The van der Waals surface area contributed by atoms with Crippen molar-refractivity contribution in [2.75, 3.05) is 26.0 Å². The van der Waals surface area contributed by atoms with E-state index < -0.39 is 11.6 Å². The second-order valence-electron chi connectivity index (χ2n) is 4.37. The molecule has 1 unspecified atom stereocenters. The van der Waals surface area contributed by atoms with Gasteiger partial charge in [-0.1, -0.05) is 18.2 Å². The standard InChI is InChI=1S/C10H13NO3.C3H7NO/c1-10(14,9(12)13)7-11-8-5-3-2-4-6-8;1-4(2)3-5/h2-6,11,14H,7H2,1H3,(H,12,13);3H,1-2H3. The minimum atomic E-state index is -1.74. The first kappa shape index (κ1) is 16.9. The highest BCUT2D eigenvalue weighted by Crippen LogP contribution is 2.09. The van der Waals surface area contributed by atoms with E-state index in [1.807, 2.05) is 18.2 Å². The largest absolute Gasteiger partial charge is 0.479 e. The lowest BCUT2D eigenvalue weighted by Gasteiger charge is -2.18. The van der Waals surface area contributed by atoms with Gasteiger partial charge in [-0.15, -0.1) is 0 Å². The van der Waals surface area contributed by atoms with E-state index in [1.165, 1.54) is 11.8 Å². The lowest BCUT2D eigenvalue weighted by atomic mass is 10.1. The average molecular weight is 268 g/mol. The van der Waals surface area contributed by atoms with Crippen LogP contribution in [0.25, 0.3) is 0 Å². The number of carbonyl (C=O) groups excluding carboxylic acids is 1. The van der Waals surface area contributed by atoms with Gasteiger partial charge in [0.2, 0.25) is 6.41 Å². The van der Waals surface area contributed by atoms with E-state index in [4.69, 9.17) is 5.11 Å². The van der Waals surface area contributed by atoms with E-state index in [0.29, 0.717) is 0 Å². The molecule has 0 aromatic heterocycles. The summed E-state index contributed by atoms with van der Waals surface area (Å²) in [5.74, 6) is -1.24. The molecular weight excluding hydrogens is 248 g/mol. The molecule has 0 aliphatic rings. The van der Waals surface area contributed by atoms with Gasteiger partial charge >= 0.3 is 5.97 Å². The van der Waals surface area contributed by atoms with Crippen LogP contribution < -0.4 is 5.32 Å². The van der Waals surface area contributed by atoms with Crippen LogP contribution in [-0.2, 0) is 9.59 Å². The van der Waals surface area contributed by atoms with Crippen molar-refractivity contribution < 1.29 is 19.8 Å². The summed E-state index contributed by atoms with van der Waals surface area (Å²) < 4.78 is 0. The quantitative estimate of drug-likeness (QED) is 0.682. The number of carboxylic acid groups (broad SMARTS) is 1. The van der Waals surface area contributed by atoms with Gasteiger partial charge < -0.3 is 20.4 Å². The van der Waals surface area contributed by atoms with Crippen LogP contribution in [0, 0.1) is 0 Å². The number of amides is 1. The van der Waals surface area contributed by atoms with Gasteiger partial charge in [0.05, 0.1) is 6.54 Å². The molecule has 0 fully saturated rings. The molecule has 19 heavy (non-hydrogen) atoms. The SMILES string of the molecule is CC(O)(CNc1ccccc1)C(=O)O.CN(C)C=O. The van der Waals surface area contributed by atoms with E-state index in [0.717, 1.165) is 12.1 Å². The van der Waals surface area contributed by atoms with Crippen molar-refractivity contribution in [1.82, 2.24) is 4.90 Å². The highest BCUT2D eigenvalue weighted by molar-refractivity contribution is 5.77. The zero-order chi connectivity index (χ0) is 14.9. The molecule has 0 heterocycles. The van der Waals surface area contributed by atoms with Gasteiger partial charge in [0.25, 0.3) is 0 Å². The number of carbonyl (C=O) groups is 2. The molecule has 0 radical (unpaired) electrons. The van der Waals surface area contributed by atoms with Crippen molar-refractivity contribution in [3.05, 3.63) is 30.3 Å². The Morgan fingerprint density at radius 3 is 2.21 bits per heavy atom. The van der Waals surface area contributed by atoms with Gasteiger partial charge in [-0.2, -0.15) is 0 Å². The van der Waals surface area contributed by atoms with E-state index in [2.05, 4.69) is 5.32 Å². The smallest absolute Gasteiger partial charge is 0.337 e. The third kappa shape index (κ3) is 7.77. The summed E-state index contributed by atoms with van der Waals surface area (Å²) in [5.41, 5.74) is -0.954. The van der Waals surface area contributed by atoms with Crippen LogP contribution in [0.5, 0.6) is 0 Å². The Kier molecular flexibility index (Phi) is 7.21. The van der Waals surface area contributed by atoms with E-state index in [9.17, 15) is 14.7 Å². The number of hydrogen-bond acceptors (Lipinski definition) is 4. The van der Waals surface area contributed by atoms with Crippen LogP contribution in [0.4, 0.5) is 5.69 Å². The van der Waals surface area contributed by atoms with Gasteiger partial charge in [0.1, 0.15) is 0 Å². The lowest BCUT2D eigenvalue weighted by Crippen LogP contribution is -2.41. The molecule has 1 aromatic carbocycles. The molecule has 0 saturated heterocycles. The van der Waals surface area contributed by atoms with Crippen LogP contribution in [-0.4, -0.2) is 53.7 Å². The zero-order valence-electron chi connectivity index (χ0n) is 11.3. The topological polar surface area (TPSA) is 89.9 Å². The number of nitrogens with one attached hydrogen (secondary N) is 1. The third-order valence-corrected chi connectivity index (χ3v) is 2.08. The molecule has 6 nitrogen and oxygen atoms in total. The van der Waals surface area contributed by atoms with Crippen molar-refractivity contribution in [1.29, 1.82) is 0 Å². The Balaban J connectivity index is 0.000000555. The molecule has 1 atom stereocenters. The number of carboxylic acids is 1. The summed E-state index contributed by atoms with van der Waals surface area (Å²) in [6, 6.07) is 9.13. The number of benzene rings is 1. The summed E-state index contributed by atoms with van der Waals surface area (Å²) >= 11 is 0. The molecule has 1 rings (SSSR count). The number of para-hydroxylation sites is 1. The highest BCUT2D eigenvalue weighted by Gasteiger charge is 2.29. The molecule has 1 amide bonds. The van der Waals surface area contributed by atoms with Crippen LogP contribution in [0.2, 0.25) is 0 Å². The fourth-order valence-electron chi connectivity index (χ4n) is 0.906. The first-order chi connectivity index (χ1) is 8.79. The number of aliphatic hydroxyl groups is 1. The van der Waals surface area contributed by atoms with Crippen LogP contribution in [0.15, 0.2) is 30.3 Å². The minimum absolute atomic E-state index is 0.0215. The molecule has 3 N–H and O–H groups in total. The number of aliphatic carboxylic acids is 1. The normalized spacial score (nSPS) is 12.4. The predicted octanol–water partition coefficient (Wildman–Crippen LogP) is 0.638. The van der Waals surface area contributed by atoms with Crippen molar-refractivity contribution in [3.8, 4) is 0 Å². The second-order valence-corrected chi connectivity index (χ2v) is 4.37. The summed E-state index contributed by atoms with van der Waals surface area (Å²) in [5, 5.41) is 20.9. The van der Waals surface area contributed by atoms with Crippen LogP contribution in [0.3, 0.4) is 0 Å². The van der Waals surface area contributed by atoms with Gasteiger partial charge in [-0.3, -0.25) is 4.79 Å². The molecule has 0 bridgehead atoms. The molecule has 1 aromatic rings. The average Bonchev–Trinajstić information content (AvgIpc) is 2.38. The third-order valence-electron chi connectivity index (χ3n) is 2.08. The maximum absolute atomic E-state index is 10.6. The molecule has 106 valence electrons. The molecule has 0 saturated carbocycles. The second kappa shape index (κ2) is 8.10. The minimum Gasteiger partial charge on any atom is -0.479 e. The van der Waals surface area contributed by atoms with E-state index in [-0.39, 0.29) is 6.54 Å². The molecule has 0 aliphatic carbocycles. The summed E-state index contributed by atoms with van der Waals surface area (Å²) in [7, 11) is 3.38. The molecular formula is C13H20N2O4. The Bertz CT molecular complexity index is 391. The fourth-order valence-corrected chi connectivity index (χ4v) is 0.906. The maximum atomic E-state index is 10.6. The summed E-state index contributed by atoms with van der Waals surface area (Å²) in [6.45, 7) is 1.23. The Morgan fingerprint density at radius 2 is 1.84 bits per heavy atom. The first-order valence-corrected chi connectivity index (χ1v) is 5.66. The number of nitrogens with zero attached hydrogens (tertiary/aromatic N) is 1. The van der Waals surface area contributed by atoms with E-state index in [1.54, 1.807) is 26.2 Å². The number of hydrogen-bond donors (Lipinski definition) is 3. The predicted molar refractivity (Wildman–Crippen MR) is 72.9 cm³/mol. The lowest BCUT2D eigenvalue weighted by molar-refractivity contribution is -0.155. The maximum Gasteiger partial charge on any atom is 0.337 e. The monoisotopic (exact) mass is 268 g/mol. The van der Waals surface area contributed by atoms with Crippen molar-refractivity contribution in [2.45, 2.75) is 12.5 Å². The number of anilines is 1.